The van der Waals surface area contributed by atoms with Crippen molar-refractivity contribution in [1.82, 2.24) is 14.9 Å². The molecule has 0 saturated heterocycles. The van der Waals surface area contributed by atoms with Crippen molar-refractivity contribution in [3.8, 4) is 0 Å². The van der Waals surface area contributed by atoms with Gasteiger partial charge < -0.3 is 15.0 Å². The highest BCUT2D eigenvalue weighted by molar-refractivity contribution is 5.97. The number of carbonyl (C=O) groups is 2. The van der Waals surface area contributed by atoms with E-state index in [9.17, 15) is 19.1 Å². The van der Waals surface area contributed by atoms with Crippen LogP contribution in [0.4, 0.5) is 4.39 Å². The quantitative estimate of drug-likeness (QED) is 0.320. The molecule has 1 amide bonds. The minimum atomic E-state index is -0.937. The molecule has 6 nitrogen and oxygen atoms in total. The number of aromatic nitrogens is 2. The first-order valence-electron chi connectivity index (χ1n) is 11.9. The van der Waals surface area contributed by atoms with Crippen LogP contribution in [0.1, 0.15) is 60.6 Å². The van der Waals surface area contributed by atoms with E-state index in [1.807, 2.05) is 44.2 Å². The van der Waals surface area contributed by atoms with Crippen molar-refractivity contribution in [3.63, 3.8) is 0 Å². The lowest BCUT2D eigenvalue weighted by atomic mass is 9.88. The van der Waals surface area contributed by atoms with Crippen LogP contribution in [0.3, 0.4) is 0 Å². The van der Waals surface area contributed by atoms with Gasteiger partial charge in [-0.1, -0.05) is 25.1 Å². The fourth-order valence-corrected chi connectivity index (χ4v) is 4.91. The van der Waals surface area contributed by atoms with Crippen LogP contribution >= 0.6 is 0 Å². The van der Waals surface area contributed by atoms with Gasteiger partial charge in [-0.3, -0.25) is 14.6 Å². The Morgan fingerprint density at radius 2 is 1.91 bits per heavy atom. The van der Waals surface area contributed by atoms with Gasteiger partial charge in [0.2, 0.25) is 0 Å². The third-order valence-electron chi connectivity index (χ3n) is 6.71. The van der Waals surface area contributed by atoms with Gasteiger partial charge in [0.25, 0.3) is 5.91 Å². The number of para-hydroxylation sites is 1. The van der Waals surface area contributed by atoms with E-state index in [0.717, 1.165) is 52.3 Å². The van der Waals surface area contributed by atoms with E-state index >= 15 is 0 Å². The number of halogens is 1. The Kier molecular flexibility index (Phi) is 7.15. The number of nitrogens with zero attached hydrogens (tertiary/aromatic N) is 2. The first kappa shape index (κ1) is 24.4. The zero-order chi connectivity index (χ0) is 25.1. The normalized spacial score (nSPS) is 13.1. The molecule has 0 bridgehead atoms. The van der Waals surface area contributed by atoms with Gasteiger partial charge in [-0.25, -0.2) is 4.39 Å². The molecule has 0 aliphatic carbocycles. The van der Waals surface area contributed by atoms with Gasteiger partial charge in [0.1, 0.15) is 12.4 Å². The summed E-state index contributed by atoms with van der Waals surface area (Å²) in [6.45, 7) is 5.78. The zero-order valence-electron chi connectivity index (χ0n) is 20.2. The molecule has 7 heteroatoms. The molecule has 2 unspecified atom stereocenters. The highest BCUT2D eigenvalue weighted by Gasteiger charge is 2.23. The smallest absolute Gasteiger partial charge is 0.323 e. The van der Waals surface area contributed by atoms with Gasteiger partial charge in [-0.15, -0.1) is 0 Å². The van der Waals surface area contributed by atoms with Crippen molar-refractivity contribution in [2.24, 2.45) is 0 Å². The Balaban J connectivity index is 1.50. The van der Waals surface area contributed by atoms with E-state index in [1.54, 1.807) is 16.8 Å². The monoisotopic (exact) mass is 475 g/mol. The lowest BCUT2D eigenvalue weighted by molar-refractivity contribution is -0.137. The SMILES string of the molecule is CCC(CCC(C)NC(=O)c1cnc2ccccc2c1)c1c(C)n(CC(=O)O)c2ccc(F)cc12. The molecule has 2 heterocycles. The summed E-state index contributed by atoms with van der Waals surface area (Å²) < 4.78 is 15.9. The average Bonchev–Trinajstić information content (AvgIpc) is 3.09. The number of benzene rings is 2. The van der Waals surface area contributed by atoms with E-state index in [1.165, 1.54) is 12.1 Å². The second-order valence-electron chi connectivity index (χ2n) is 9.11. The third kappa shape index (κ3) is 5.19. The van der Waals surface area contributed by atoms with Gasteiger partial charge >= 0.3 is 5.97 Å². The number of nitrogens with one attached hydrogen (secondary N) is 1. The Bertz CT molecular complexity index is 1400. The van der Waals surface area contributed by atoms with Gasteiger partial charge in [0, 0.05) is 34.2 Å². The van der Waals surface area contributed by atoms with Gasteiger partial charge in [0.05, 0.1) is 11.1 Å². The number of carboxylic acid groups (broad SMARTS) is 1. The van der Waals surface area contributed by atoms with Gasteiger partial charge in [-0.2, -0.15) is 0 Å². The molecule has 0 aliphatic rings. The van der Waals surface area contributed by atoms with Crippen LogP contribution in [0.25, 0.3) is 21.8 Å². The summed E-state index contributed by atoms with van der Waals surface area (Å²) >= 11 is 0. The first-order chi connectivity index (χ1) is 16.8. The largest absolute Gasteiger partial charge is 0.480 e. The Hall–Kier alpha value is -3.74. The van der Waals surface area contributed by atoms with Crippen LogP contribution < -0.4 is 5.32 Å². The topological polar surface area (TPSA) is 84.2 Å². The Morgan fingerprint density at radius 3 is 2.66 bits per heavy atom. The number of fused-ring (bicyclic) bond motifs is 2. The van der Waals surface area contributed by atoms with Crippen molar-refractivity contribution in [2.45, 2.75) is 58.5 Å². The number of amides is 1. The number of aliphatic carboxylic acids is 1. The van der Waals surface area contributed by atoms with Crippen molar-refractivity contribution in [2.75, 3.05) is 0 Å². The molecule has 2 atom stereocenters. The summed E-state index contributed by atoms with van der Waals surface area (Å²) in [5.74, 6) is -1.34. The second kappa shape index (κ2) is 10.3. The molecule has 0 spiro atoms. The average molecular weight is 476 g/mol. The van der Waals surface area contributed by atoms with Crippen LogP contribution in [-0.4, -0.2) is 32.6 Å². The van der Waals surface area contributed by atoms with Crippen molar-refractivity contribution in [3.05, 3.63) is 77.4 Å². The van der Waals surface area contributed by atoms with Crippen LogP contribution in [0, 0.1) is 12.7 Å². The maximum atomic E-state index is 14.1. The molecule has 0 aliphatic heterocycles. The molecule has 2 aromatic heterocycles. The predicted molar refractivity (Wildman–Crippen MR) is 135 cm³/mol. The fraction of sp³-hybridized carbons (Fsp3) is 0.321. The lowest BCUT2D eigenvalue weighted by Crippen LogP contribution is -2.32. The molecule has 4 aromatic rings. The van der Waals surface area contributed by atoms with E-state index in [2.05, 4.69) is 17.2 Å². The summed E-state index contributed by atoms with van der Waals surface area (Å²) in [6.07, 6.45) is 3.91. The highest BCUT2D eigenvalue weighted by atomic mass is 19.1. The first-order valence-corrected chi connectivity index (χ1v) is 11.9. The third-order valence-corrected chi connectivity index (χ3v) is 6.71. The number of rotatable bonds is 9. The minimum absolute atomic E-state index is 0.0765. The Morgan fingerprint density at radius 1 is 1.14 bits per heavy atom. The second-order valence-corrected chi connectivity index (χ2v) is 9.11. The predicted octanol–water partition coefficient (Wildman–Crippen LogP) is 5.81. The van der Waals surface area contributed by atoms with Crippen molar-refractivity contribution >= 4 is 33.7 Å². The van der Waals surface area contributed by atoms with Crippen molar-refractivity contribution < 1.29 is 19.1 Å². The summed E-state index contributed by atoms with van der Waals surface area (Å²) in [5.41, 5.74) is 3.92. The maximum absolute atomic E-state index is 14.1. The van der Waals surface area contributed by atoms with Gasteiger partial charge in [-0.05, 0) is 74.9 Å². The Labute approximate surface area is 203 Å². The minimum Gasteiger partial charge on any atom is -0.480 e. The van der Waals surface area contributed by atoms with Gasteiger partial charge in [0.15, 0.2) is 0 Å². The number of pyridine rings is 1. The molecule has 0 radical (unpaired) electrons. The van der Waals surface area contributed by atoms with Crippen LogP contribution in [0.2, 0.25) is 0 Å². The number of hydrogen-bond acceptors (Lipinski definition) is 3. The molecule has 2 aromatic carbocycles. The van der Waals surface area contributed by atoms with Crippen LogP contribution in [0.15, 0.2) is 54.7 Å². The summed E-state index contributed by atoms with van der Waals surface area (Å²) in [5, 5.41) is 14.1. The van der Waals surface area contributed by atoms with E-state index in [-0.39, 0.29) is 30.2 Å². The van der Waals surface area contributed by atoms with Crippen LogP contribution in [-0.2, 0) is 11.3 Å². The van der Waals surface area contributed by atoms with E-state index in [0.29, 0.717) is 5.56 Å². The molecule has 0 saturated carbocycles. The maximum Gasteiger partial charge on any atom is 0.323 e. The highest BCUT2D eigenvalue weighted by Crippen LogP contribution is 2.36. The number of carboxylic acids is 1. The van der Waals surface area contributed by atoms with E-state index < -0.39 is 5.97 Å². The molecule has 182 valence electrons. The summed E-state index contributed by atoms with van der Waals surface area (Å²) in [6, 6.07) is 13.9. The molecule has 2 N–H and O–H groups in total. The number of hydrogen-bond donors (Lipinski definition) is 2. The molecular weight excluding hydrogens is 445 g/mol. The fourth-order valence-electron chi connectivity index (χ4n) is 4.91. The summed E-state index contributed by atoms with van der Waals surface area (Å²) in [4.78, 5) is 28.6. The molecule has 35 heavy (non-hydrogen) atoms. The zero-order valence-corrected chi connectivity index (χ0v) is 20.2. The number of carbonyl (C=O) groups excluding carboxylic acids is 1. The molecular formula is C28H30FN3O3. The van der Waals surface area contributed by atoms with Crippen LogP contribution in [0.5, 0.6) is 0 Å². The molecule has 4 rings (SSSR count). The standard InChI is InChI=1S/C28H30FN3O3/c1-4-19(27-18(3)32(16-26(33)34)25-12-11-22(29)14-23(25)27)10-9-17(2)31-28(35)21-13-20-7-5-6-8-24(20)30-15-21/h5-8,11-15,17,19H,4,9-10,16H2,1-3H3,(H,31,35)(H,33,34). The van der Waals surface area contributed by atoms with E-state index in [4.69, 9.17) is 0 Å². The lowest BCUT2D eigenvalue weighted by Gasteiger charge is -2.20. The summed E-state index contributed by atoms with van der Waals surface area (Å²) in [7, 11) is 0. The van der Waals surface area contributed by atoms with Crippen molar-refractivity contribution in [1.29, 1.82) is 0 Å². The molecule has 0 fully saturated rings.